The number of hydrogen-bond donors (Lipinski definition) is 0. The van der Waals surface area contributed by atoms with E-state index >= 15 is 0 Å². The lowest BCUT2D eigenvalue weighted by Gasteiger charge is -2.34. The van der Waals surface area contributed by atoms with Crippen LogP contribution in [0.5, 0.6) is 0 Å². The second-order valence-corrected chi connectivity index (χ2v) is 4.52. The van der Waals surface area contributed by atoms with Crippen molar-refractivity contribution in [2.24, 2.45) is 0 Å². The fourth-order valence-electron chi connectivity index (χ4n) is 2.02. The van der Waals surface area contributed by atoms with Crippen molar-refractivity contribution in [3.8, 4) is 0 Å². The maximum Gasteiger partial charge on any atom is 0.639 e. The molecule has 3 rings (SSSR count). The van der Waals surface area contributed by atoms with Gasteiger partial charge in [0.2, 0.25) is 0 Å². The van der Waals surface area contributed by atoms with Crippen LogP contribution in [0.3, 0.4) is 0 Å². The molecule has 98 valence electrons. The topological polar surface area (TPSA) is 40.2 Å². The van der Waals surface area contributed by atoms with E-state index in [9.17, 15) is 0 Å². The summed E-state index contributed by atoms with van der Waals surface area (Å²) in [6.07, 6.45) is 2.32. The highest BCUT2D eigenvalue weighted by atomic mass is 16.7. The molecule has 3 aliphatic heterocycles. The van der Waals surface area contributed by atoms with Crippen molar-refractivity contribution in [3.63, 3.8) is 0 Å². The molecule has 6 heteroatoms. The first-order valence-corrected chi connectivity index (χ1v) is 6.57. The summed E-state index contributed by atoms with van der Waals surface area (Å²) in [4.78, 5) is 2.31. The summed E-state index contributed by atoms with van der Waals surface area (Å²) in [6.45, 7) is 7.76. The number of rotatable bonds is 5. The molecule has 0 spiro atoms. The van der Waals surface area contributed by atoms with Gasteiger partial charge in [-0.3, -0.25) is 4.90 Å². The normalized spacial score (nSPS) is 29.8. The Kier molecular flexibility index (Phi) is 5.74. The molecule has 0 aromatic heterocycles. The van der Waals surface area contributed by atoms with Gasteiger partial charge in [-0.15, -0.1) is 0 Å². The molecule has 5 nitrogen and oxygen atoms in total. The summed E-state index contributed by atoms with van der Waals surface area (Å²) >= 11 is 0. The third-order valence-electron chi connectivity index (χ3n) is 3.03. The standard InChI is InChI=1S/C11H22BNO4/c1-2-3-6-14-10-11-9-13-4-7-15-12(17-11)16-8-5-13/h11H,2-10H2,1H3. The molecule has 0 N–H and O–H groups in total. The first kappa shape index (κ1) is 13.3. The summed E-state index contributed by atoms with van der Waals surface area (Å²) in [7, 11) is -0.503. The van der Waals surface area contributed by atoms with Gasteiger partial charge in [-0.2, -0.15) is 0 Å². The Morgan fingerprint density at radius 3 is 2.76 bits per heavy atom. The molecule has 2 bridgehead atoms. The SMILES string of the molecule is CCCCOCC1CN2CCOB(OCC2)O1. The molecule has 0 aliphatic carbocycles. The predicted molar refractivity (Wildman–Crippen MR) is 64.7 cm³/mol. The fraction of sp³-hybridized carbons (Fsp3) is 1.00. The van der Waals surface area contributed by atoms with Gasteiger partial charge in [0.25, 0.3) is 0 Å². The predicted octanol–water partition coefficient (Wildman–Crippen LogP) is 0.536. The van der Waals surface area contributed by atoms with Crippen molar-refractivity contribution in [3.05, 3.63) is 0 Å². The van der Waals surface area contributed by atoms with Crippen molar-refractivity contribution in [2.45, 2.75) is 25.9 Å². The Morgan fingerprint density at radius 2 is 2.06 bits per heavy atom. The molecule has 0 aromatic rings. The van der Waals surface area contributed by atoms with Crippen LogP contribution >= 0.6 is 0 Å². The van der Waals surface area contributed by atoms with Crippen molar-refractivity contribution < 1.29 is 18.7 Å². The first-order valence-electron chi connectivity index (χ1n) is 6.57. The zero-order valence-corrected chi connectivity index (χ0v) is 10.6. The van der Waals surface area contributed by atoms with E-state index in [4.69, 9.17) is 18.7 Å². The number of ether oxygens (including phenoxy) is 1. The van der Waals surface area contributed by atoms with Gasteiger partial charge in [0.15, 0.2) is 0 Å². The number of hydrogen-bond acceptors (Lipinski definition) is 5. The van der Waals surface area contributed by atoms with Crippen LogP contribution in [0.15, 0.2) is 0 Å². The van der Waals surface area contributed by atoms with Crippen LogP contribution in [-0.2, 0) is 18.7 Å². The molecule has 0 amide bonds. The Labute approximate surface area is 104 Å². The van der Waals surface area contributed by atoms with Crippen LogP contribution in [-0.4, -0.2) is 64.4 Å². The maximum absolute atomic E-state index is 5.73. The lowest BCUT2D eigenvalue weighted by molar-refractivity contribution is -0.0490. The van der Waals surface area contributed by atoms with E-state index in [2.05, 4.69) is 11.8 Å². The molecular formula is C11H22BNO4. The van der Waals surface area contributed by atoms with E-state index in [0.717, 1.165) is 39.1 Å². The van der Waals surface area contributed by atoms with Gasteiger partial charge in [-0.05, 0) is 6.42 Å². The number of nitrogens with zero attached hydrogens (tertiary/aromatic N) is 1. The monoisotopic (exact) mass is 243 g/mol. The lowest BCUT2D eigenvalue weighted by Crippen LogP contribution is -2.50. The molecular weight excluding hydrogens is 221 g/mol. The van der Waals surface area contributed by atoms with Crippen LogP contribution in [0.1, 0.15) is 19.8 Å². The van der Waals surface area contributed by atoms with Crippen LogP contribution in [0.4, 0.5) is 0 Å². The maximum atomic E-state index is 5.73. The van der Waals surface area contributed by atoms with Crippen LogP contribution in [0.25, 0.3) is 0 Å². The number of fused-ring (bicyclic) bond motifs is 6. The van der Waals surface area contributed by atoms with Crippen molar-refractivity contribution in [1.29, 1.82) is 0 Å². The largest absolute Gasteiger partial charge is 0.639 e. The van der Waals surface area contributed by atoms with E-state index in [0.29, 0.717) is 19.8 Å². The first-order chi connectivity index (χ1) is 8.38. The lowest BCUT2D eigenvalue weighted by atomic mass is 10.1. The Hall–Kier alpha value is -0.135. The molecule has 3 aliphatic rings. The third-order valence-corrected chi connectivity index (χ3v) is 3.03. The molecule has 0 radical (unpaired) electrons. The molecule has 0 aromatic carbocycles. The summed E-state index contributed by atoms with van der Waals surface area (Å²) in [6, 6.07) is 0. The average molecular weight is 243 g/mol. The molecule has 3 saturated heterocycles. The molecule has 17 heavy (non-hydrogen) atoms. The second-order valence-electron chi connectivity index (χ2n) is 4.52. The van der Waals surface area contributed by atoms with Crippen molar-refractivity contribution in [1.82, 2.24) is 4.90 Å². The smallest absolute Gasteiger partial charge is 0.385 e. The van der Waals surface area contributed by atoms with E-state index in [1.165, 1.54) is 0 Å². The van der Waals surface area contributed by atoms with E-state index in [1.807, 2.05) is 0 Å². The van der Waals surface area contributed by atoms with Crippen molar-refractivity contribution >= 4 is 7.32 Å². The fourth-order valence-corrected chi connectivity index (χ4v) is 2.02. The molecule has 1 unspecified atom stereocenters. The van der Waals surface area contributed by atoms with Gasteiger partial charge in [-0.25, -0.2) is 0 Å². The zero-order chi connectivity index (χ0) is 11.9. The van der Waals surface area contributed by atoms with Gasteiger partial charge < -0.3 is 18.7 Å². The quantitative estimate of drug-likeness (QED) is 0.520. The van der Waals surface area contributed by atoms with Crippen LogP contribution in [0.2, 0.25) is 0 Å². The van der Waals surface area contributed by atoms with Crippen molar-refractivity contribution in [2.75, 3.05) is 46.1 Å². The van der Waals surface area contributed by atoms with Crippen LogP contribution < -0.4 is 0 Å². The summed E-state index contributed by atoms with van der Waals surface area (Å²) in [5.41, 5.74) is 0. The average Bonchev–Trinajstić information content (AvgIpc) is 2.24. The Morgan fingerprint density at radius 1 is 1.29 bits per heavy atom. The van der Waals surface area contributed by atoms with E-state index < -0.39 is 7.32 Å². The summed E-state index contributed by atoms with van der Waals surface area (Å²) < 4.78 is 22.3. The minimum absolute atomic E-state index is 0.0532. The van der Waals surface area contributed by atoms with Crippen LogP contribution in [0, 0.1) is 0 Å². The third kappa shape index (κ3) is 4.56. The van der Waals surface area contributed by atoms with Gasteiger partial charge in [0.05, 0.1) is 12.7 Å². The van der Waals surface area contributed by atoms with Gasteiger partial charge in [0.1, 0.15) is 0 Å². The highest BCUT2D eigenvalue weighted by Crippen LogP contribution is 2.10. The Bertz CT molecular complexity index is 196. The second kappa shape index (κ2) is 7.33. The summed E-state index contributed by atoms with van der Waals surface area (Å²) in [5, 5.41) is 0. The Balaban J connectivity index is 1.76. The summed E-state index contributed by atoms with van der Waals surface area (Å²) in [5.74, 6) is 0. The minimum Gasteiger partial charge on any atom is -0.385 e. The minimum atomic E-state index is -0.503. The molecule has 0 saturated carbocycles. The molecule has 3 fully saturated rings. The zero-order valence-electron chi connectivity index (χ0n) is 10.6. The van der Waals surface area contributed by atoms with Gasteiger partial charge in [-0.1, -0.05) is 13.3 Å². The van der Waals surface area contributed by atoms with Gasteiger partial charge in [0, 0.05) is 39.5 Å². The van der Waals surface area contributed by atoms with E-state index in [1.54, 1.807) is 0 Å². The molecule has 1 atom stereocenters. The van der Waals surface area contributed by atoms with Gasteiger partial charge >= 0.3 is 7.32 Å². The highest BCUT2D eigenvalue weighted by molar-refractivity contribution is 6.36. The highest BCUT2D eigenvalue weighted by Gasteiger charge is 2.32. The number of unbranched alkanes of at least 4 members (excludes halogenated alkanes) is 1. The van der Waals surface area contributed by atoms with E-state index in [-0.39, 0.29) is 6.10 Å². The molecule has 3 heterocycles.